The summed E-state index contributed by atoms with van der Waals surface area (Å²) < 4.78 is 13.3. The third-order valence-electron chi connectivity index (χ3n) is 4.49. The summed E-state index contributed by atoms with van der Waals surface area (Å²) in [6, 6.07) is 13.1. The Bertz CT molecular complexity index is 858. The van der Waals surface area contributed by atoms with Gasteiger partial charge in [0, 0.05) is 36.4 Å². The molecule has 1 aliphatic heterocycles. The molecule has 5 heteroatoms. The first kappa shape index (κ1) is 15.0. The summed E-state index contributed by atoms with van der Waals surface area (Å²) in [6.07, 6.45) is 1.79. The SMILES string of the molecule is CC1CN(c2nncc3cccc(-c4ccc(F)cc4)c23)CCN1. The fourth-order valence-corrected chi connectivity index (χ4v) is 3.34. The Labute approximate surface area is 140 Å². The van der Waals surface area contributed by atoms with Gasteiger partial charge in [0.1, 0.15) is 5.82 Å². The summed E-state index contributed by atoms with van der Waals surface area (Å²) in [5.41, 5.74) is 2.04. The fourth-order valence-electron chi connectivity index (χ4n) is 3.34. The molecule has 1 atom stereocenters. The van der Waals surface area contributed by atoms with Crippen molar-refractivity contribution < 1.29 is 4.39 Å². The van der Waals surface area contributed by atoms with Crippen LogP contribution in [0.5, 0.6) is 0 Å². The van der Waals surface area contributed by atoms with Crippen molar-refractivity contribution >= 4 is 16.6 Å². The highest BCUT2D eigenvalue weighted by atomic mass is 19.1. The van der Waals surface area contributed by atoms with E-state index in [4.69, 9.17) is 0 Å². The van der Waals surface area contributed by atoms with Crippen LogP contribution >= 0.6 is 0 Å². The van der Waals surface area contributed by atoms with Gasteiger partial charge in [-0.15, -0.1) is 5.10 Å². The van der Waals surface area contributed by atoms with E-state index in [0.29, 0.717) is 6.04 Å². The molecule has 122 valence electrons. The molecule has 24 heavy (non-hydrogen) atoms. The van der Waals surface area contributed by atoms with Gasteiger partial charge in [0.15, 0.2) is 5.82 Å². The van der Waals surface area contributed by atoms with Gasteiger partial charge in [-0.05, 0) is 30.2 Å². The number of nitrogens with one attached hydrogen (secondary N) is 1. The molecule has 0 bridgehead atoms. The molecule has 1 fully saturated rings. The zero-order valence-corrected chi connectivity index (χ0v) is 13.5. The van der Waals surface area contributed by atoms with E-state index in [2.05, 4.69) is 33.4 Å². The Morgan fingerprint density at radius 1 is 1.17 bits per heavy atom. The maximum Gasteiger partial charge on any atom is 0.159 e. The van der Waals surface area contributed by atoms with Crippen molar-refractivity contribution in [3.63, 3.8) is 0 Å². The number of halogens is 1. The van der Waals surface area contributed by atoms with Crippen LogP contribution in [0.25, 0.3) is 21.9 Å². The maximum atomic E-state index is 13.3. The Hall–Kier alpha value is -2.53. The van der Waals surface area contributed by atoms with Crippen LogP contribution < -0.4 is 10.2 Å². The summed E-state index contributed by atoms with van der Waals surface area (Å²) in [6.45, 7) is 4.89. The molecule has 0 amide bonds. The summed E-state index contributed by atoms with van der Waals surface area (Å²) in [7, 11) is 0. The van der Waals surface area contributed by atoms with Crippen LogP contribution in [0.4, 0.5) is 10.2 Å². The maximum absolute atomic E-state index is 13.3. The van der Waals surface area contributed by atoms with Crippen molar-refractivity contribution in [1.29, 1.82) is 0 Å². The Kier molecular flexibility index (Phi) is 3.86. The van der Waals surface area contributed by atoms with E-state index in [-0.39, 0.29) is 5.82 Å². The lowest BCUT2D eigenvalue weighted by molar-refractivity contribution is 0.482. The average molecular weight is 322 g/mol. The number of aromatic nitrogens is 2. The van der Waals surface area contributed by atoms with Crippen molar-refractivity contribution in [3.8, 4) is 11.1 Å². The molecular formula is C19H19FN4. The number of piperazine rings is 1. The van der Waals surface area contributed by atoms with E-state index in [1.54, 1.807) is 6.20 Å². The Morgan fingerprint density at radius 2 is 2.00 bits per heavy atom. The molecule has 4 rings (SSSR count). The lowest BCUT2D eigenvalue weighted by Gasteiger charge is -2.33. The summed E-state index contributed by atoms with van der Waals surface area (Å²) in [4.78, 5) is 2.28. The number of hydrogen-bond donors (Lipinski definition) is 1. The predicted molar refractivity (Wildman–Crippen MR) is 94.6 cm³/mol. The third-order valence-corrected chi connectivity index (χ3v) is 4.49. The highest BCUT2D eigenvalue weighted by molar-refractivity contribution is 6.03. The summed E-state index contributed by atoms with van der Waals surface area (Å²) >= 11 is 0. The Morgan fingerprint density at radius 3 is 2.79 bits per heavy atom. The molecule has 1 saturated heterocycles. The van der Waals surface area contributed by atoms with Crippen LogP contribution in [-0.4, -0.2) is 35.9 Å². The zero-order chi connectivity index (χ0) is 16.5. The van der Waals surface area contributed by atoms with E-state index < -0.39 is 0 Å². The first-order valence-electron chi connectivity index (χ1n) is 8.21. The van der Waals surface area contributed by atoms with Gasteiger partial charge < -0.3 is 10.2 Å². The minimum absolute atomic E-state index is 0.227. The minimum Gasteiger partial charge on any atom is -0.352 e. The molecule has 2 aromatic carbocycles. The largest absolute Gasteiger partial charge is 0.352 e. The molecule has 4 nitrogen and oxygen atoms in total. The normalized spacial score (nSPS) is 18.1. The van der Waals surface area contributed by atoms with Gasteiger partial charge >= 0.3 is 0 Å². The zero-order valence-electron chi connectivity index (χ0n) is 13.5. The van der Waals surface area contributed by atoms with E-state index in [0.717, 1.165) is 47.4 Å². The number of benzene rings is 2. The van der Waals surface area contributed by atoms with Gasteiger partial charge in [-0.2, -0.15) is 5.10 Å². The van der Waals surface area contributed by atoms with Gasteiger partial charge in [-0.1, -0.05) is 30.3 Å². The van der Waals surface area contributed by atoms with Gasteiger partial charge in [-0.25, -0.2) is 4.39 Å². The van der Waals surface area contributed by atoms with E-state index in [1.807, 2.05) is 24.3 Å². The van der Waals surface area contributed by atoms with Gasteiger partial charge in [0.2, 0.25) is 0 Å². The van der Waals surface area contributed by atoms with Crippen LogP contribution in [0.2, 0.25) is 0 Å². The highest BCUT2D eigenvalue weighted by Crippen LogP contribution is 2.34. The third kappa shape index (κ3) is 2.71. The first-order chi connectivity index (χ1) is 11.7. The van der Waals surface area contributed by atoms with E-state index >= 15 is 0 Å². The molecular weight excluding hydrogens is 303 g/mol. The second-order valence-electron chi connectivity index (χ2n) is 6.25. The van der Waals surface area contributed by atoms with Crippen molar-refractivity contribution in [3.05, 3.63) is 54.5 Å². The van der Waals surface area contributed by atoms with Gasteiger partial charge in [0.05, 0.1) is 6.20 Å². The molecule has 0 aliphatic carbocycles. The number of rotatable bonds is 2. The van der Waals surface area contributed by atoms with Crippen molar-refractivity contribution in [2.45, 2.75) is 13.0 Å². The number of hydrogen-bond acceptors (Lipinski definition) is 4. The lowest BCUT2D eigenvalue weighted by Crippen LogP contribution is -2.49. The van der Waals surface area contributed by atoms with Crippen molar-refractivity contribution in [1.82, 2.24) is 15.5 Å². The second kappa shape index (κ2) is 6.17. The topological polar surface area (TPSA) is 41.1 Å². The van der Waals surface area contributed by atoms with Crippen LogP contribution in [0.3, 0.4) is 0 Å². The quantitative estimate of drug-likeness (QED) is 0.786. The molecule has 1 unspecified atom stereocenters. The second-order valence-corrected chi connectivity index (χ2v) is 6.25. The lowest BCUT2D eigenvalue weighted by atomic mass is 9.99. The van der Waals surface area contributed by atoms with Crippen LogP contribution in [0, 0.1) is 5.82 Å². The van der Waals surface area contributed by atoms with Crippen LogP contribution in [0.15, 0.2) is 48.7 Å². The standard InChI is InChI=1S/C19H19FN4/c1-13-12-24(10-9-21-13)19-18-15(11-22-23-19)3-2-4-17(18)14-5-7-16(20)8-6-14/h2-8,11,13,21H,9-10,12H2,1H3. The molecule has 1 aliphatic rings. The number of fused-ring (bicyclic) bond motifs is 1. The molecule has 0 spiro atoms. The molecule has 0 radical (unpaired) electrons. The van der Waals surface area contributed by atoms with Gasteiger partial charge in [0.25, 0.3) is 0 Å². The Balaban J connectivity index is 1.90. The highest BCUT2D eigenvalue weighted by Gasteiger charge is 2.21. The van der Waals surface area contributed by atoms with E-state index in [9.17, 15) is 4.39 Å². The number of anilines is 1. The monoisotopic (exact) mass is 322 g/mol. The van der Waals surface area contributed by atoms with Crippen molar-refractivity contribution in [2.24, 2.45) is 0 Å². The molecule has 2 heterocycles. The molecule has 3 aromatic rings. The van der Waals surface area contributed by atoms with E-state index in [1.165, 1.54) is 12.1 Å². The van der Waals surface area contributed by atoms with Gasteiger partial charge in [-0.3, -0.25) is 0 Å². The van der Waals surface area contributed by atoms with Crippen molar-refractivity contribution in [2.75, 3.05) is 24.5 Å². The van der Waals surface area contributed by atoms with Crippen LogP contribution in [-0.2, 0) is 0 Å². The average Bonchev–Trinajstić information content (AvgIpc) is 2.61. The minimum atomic E-state index is -0.227. The molecule has 1 aromatic heterocycles. The summed E-state index contributed by atoms with van der Waals surface area (Å²) in [5.74, 6) is 0.677. The molecule has 0 saturated carbocycles. The fraction of sp³-hybridized carbons (Fsp3) is 0.263. The predicted octanol–water partition coefficient (Wildman–Crippen LogP) is 3.23. The smallest absolute Gasteiger partial charge is 0.159 e. The first-order valence-corrected chi connectivity index (χ1v) is 8.21. The molecule has 1 N–H and O–H groups in total. The number of nitrogens with zero attached hydrogens (tertiary/aromatic N) is 3. The summed E-state index contributed by atoms with van der Waals surface area (Å²) in [5, 5.41) is 14.2. The van der Waals surface area contributed by atoms with Crippen LogP contribution in [0.1, 0.15) is 6.92 Å².